The van der Waals surface area contributed by atoms with Crippen molar-refractivity contribution < 1.29 is 9.53 Å². The molecule has 0 aliphatic heterocycles. The van der Waals surface area contributed by atoms with Crippen molar-refractivity contribution in [2.45, 2.75) is 0 Å². The molecule has 0 atom stereocenters. The van der Waals surface area contributed by atoms with Gasteiger partial charge in [0.1, 0.15) is 5.69 Å². The zero-order valence-electron chi connectivity index (χ0n) is 12.1. The third kappa shape index (κ3) is 4.40. The summed E-state index contributed by atoms with van der Waals surface area (Å²) < 4.78 is 6.70. The fourth-order valence-corrected chi connectivity index (χ4v) is 1.91. The lowest BCUT2D eigenvalue weighted by Gasteiger charge is -2.09. The first kappa shape index (κ1) is 15.2. The molecule has 6 nitrogen and oxygen atoms in total. The fraction of sp³-hybridized carbons (Fsp3) is 0.333. The molecule has 0 unspecified atom stereocenters. The summed E-state index contributed by atoms with van der Waals surface area (Å²) in [4.78, 5) is 16.2. The topological polar surface area (TPSA) is 68.2 Å². The van der Waals surface area contributed by atoms with E-state index >= 15 is 0 Å². The maximum absolute atomic E-state index is 12.2. The van der Waals surface area contributed by atoms with Crippen LogP contribution >= 0.6 is 0 Å². The minimum Gasteiger partial charge on any atom is -0.383 e. The second kappa shape index (κ2) is 8.18. The normalized spacial score (nSPS) is 10.5. The van der Waals surface area contributed by atoms with E-state index in [1.54, 1.807) is 24.2 Å². The Morgan fingerprint density at radius 2 is 2.05 bits per heavy atom. The van der Waals surface area contributed by atoms with Crippen molar-refractivity contribution in [1.82, 2.24) is 20.2 Å². The summed E-state index contributed by atoms with van der Waals surface area (Å²) in [6.07, 6.45) is 3.21. The predicted octanol–water partition coefficient (Wildman–Crippen LogP) is 0.838. The van der Waals surface area contributed by atoms with Crippen LogP contribution in [0.15, 0.2) is 42.9 Å². The summed E-state index contributed by atoms with van der Waals surface area (Å²) in [7, 11) is 1.66. The highest BCUT2D eigenvalue weighted by atomic mass is 16.5. The zero-order valence-corrected chi connectivity index (χ0v) is 12.1. The second-order valence-electron chi connectivity index (χ2n) is 4.48. The summed E-state index contributed by atoms with van der Waals surface area (Å²) in [5.74, 6) is -0.134. The molecule has 0 fully saturated rings. The fourth-order valence-electron chi connectivity index (χ4n) is 1.91. The quantitative estimate of drug-likeness (QED) is 0.706. The summed E-state index contributed by atoms with van der Waals surface area (Å²) in [5.41, 5.74) is 1.44. The highest BCUT2D eigenvalue weighted by molar-refractivity contribution is 5.92. The van der Waals surface area contributed by atoms with E-state index in [-0.39, 0.29) is 5.91 Å². The Labute approximate surface area is 124 Å². The van der Waals surface area contributed by atoms with Crippen molar-refractivity contribution >= 4 is 5.91 Å². The van der Waals surface area contributed by atoms with Gasteiger partial charge in [0, 0.05) is 32.4 Å². The number of aromatic nitrogens is 2. The zero-order chi connectivity index (χ0) is 14.9. The lowest BCUT2D eigenvalue weighted by Crippen LogP contribution is -2.33. The van der Waals surface area contributed by atoms with Gasteiger partial charge in [-0.15, -0.1) is 0 Å². The van der Waals surface area contributed by atoms with Crippen LogP contribution in [0.2, 0.25) is 0 Å². The average molecular weight is 288 g/mol. The van der Waals surface area contributed by atoms with E-state index < -0.39 is 0 Å². The smallest absolute Gasteiger partial charge is 0.269 e. The number of carbonyl (C=O) groups excluding carboxylic acids is 1. The van der Waals surface area contributed by atoms with E-state index in [0.717, 1.165) is 12.2 Å². The van der Waals surface area contributed by atoms with E-state index in [1.165, 1.54) is 0 Å². The molecule has 0 bridgehead atoms. The van der Waals surface area contributed by atoms with Crippen LogP contribution in [0, 0.1) is 0 Å². The molecule has 0 radical (unpaired) electrons. The van der Waals surface area contributed by atoms with E-state index in [1.807, 2.05) is 30.3 Å². The number of hydrogen-bond donors (Lipinski definition) is 2. The molecular formula is C15H20N4O2. The van der Waals surface area contributed by atoms with Gasteiger partial charge in [0.05, 0.1) is 19.1 Å². The lowest BCUT2D eigenvalue weighted by atomic mass is 10.3. The summed E-state index contributed by atoms with van der Waals surface area (Å²) in [6, 6.07) is 9.66. The molecule has 1 amide bonds. The van der Waals surface area contributed by atoms with Crippen LogP contribution in [-0.2, 0) is 4.74 Å². The molecule has 0 aliphatic carbocycles. The van der Waals surface area contributed by atoms with Gasteiger partial charge in [-0.3, -0.25) is 9.36 Å². The molecule has 2 N–H and O–H groups in total. The predicted molar refractivity (Wildman–Crippen MR) is 80.6 cm³/mol. The van der Waals surface area contributed by atoms with Gasteiger partial charge in [0.25, 0.3) is 5.91 Å². The van der Waals surface area contributed by atoms with Gasteiger partial charge >= 0.3 is 0 Å². The van der Waals surface area contributed by atoms with Crippen LogP contribution in [0.4, 0.5) is 0 Å². The minimum atomic E-state index is -0.134. The van der Waals surface area contributed by atoms with Gasteiger partial charge in [-0.25, -0.2) is 4.98 Å². The molecule has 0 aliphatic rings. The van der Waals surface area contributed by atoms with Gasteiger partial charge in [-0.2, -0.15) is 0 Å². The lowest BCUT2D eigenvalue weighted by molar-refractivity contribution is 0.0947. The maximum atomic E-state index is 12.2. The molecular weight excluding hydrogens is 268 g/mol. The Morgan fingerprint density at radius 1 is 1.24 bits per heavy atom. The highest BCUT2D eigenvalue weighted by Crippen LogP contribution is 2.10. The molecule has 1 aromatic carbocycles. The van der Waals surface area contributed by atoms with Gasteiger partial charge < -0.3 is 15.4 Å². The van der Waals surface area contributed by atoms with Crippen LogP contribution in [-0.4, -0.2) is 48.8 Å². The van der Waals surface area contributed by atoms with Crippen molar-refractivity contribution in [2.24, 2.45) is 0 Å². The van der Waals surface area contributed by atoms with Crippen molar-refractivity contribution in [3.63, 3.8) is 0 Å². The maximum Gasteiger partial charge on any atom is 0.269 e. The summed E-state index contributed by atoms with van der Waals surface area (Å²) in [5, 5.41) is 6.04. The number of nitrogens with one attached hydrogen (secondary N) is 2. The molecule has 0 saturated heterocycles. The van der Waals surface area contributed by atoms with E-state index in [9.17, 15) is 4.79 Å². The van der Waals surface area contributed by atoms with Crippen LogP contribution < -0.4 is 10.6 Å². The Hall–Kier alpha value is -2.18. The Bertz CT molecular complexity index is 554. The number of ether oxygens (including phenoxy) is 1. The molecule has 1 heterocycles. The number of hydrogen-bond acceptors (Lipinski definition) is 4. The first-order valence-electron chi connectivity index (χ1n) is 6.88. The number of nitrogens with zero attached hydrogens (tertiary/aromatic N) is 2. The number of amides is 1. The number of methoxy groups -OCH3 is 1. The van der Waals surface area contributed by atoms with Crippen molar-refractivity contribution in [2.75, 3.05) is 33.4 Å². The largest absolute Gasteiger partial charge is 0.383 e. The molecule has 21 heavy (non-hydrogen) atoms. The molecule has 2 aromatic rings. The second-order valence-corrected chi connectivity index (χ2v) is 4.48. The highest BCUT2D eigenvalue weighted by Gasteiger charge is 2.11. The number of benzene rings is 1. The van der Waals surface area contributed by atoms with Crippen LogP contribution in [0.25, 0.3) is 5.69 Å². The SMILES string of the molecule is COCCNCCNC(=O)c1cncn1-c1ccccc1. The number of para-hydroxylation sites is 1. The third-order valence-electron chi connectivity index (χ3n) is 2.98. The van der Waals surface area contributed by atoms with Crippen LogP contribution in [0.3, 0.4) is 0 Å². The number of imidazole rings is 1. The van der Waals surface area contributed by atoms with Crippen LogP contribution in [0.5, 0.6) is 0 Å². The Kier molecular flexibility index (Phi) is 5.93. The monoisotopic (exact) mass is 288 g/mol. The molecule has 0 spiro atoms. The first-order valence-corrected chi connectivity index (χ1v) is 6.88. The summed E-state index contributed by atoms with van der Waals surface area (Å²) in [6.45, 7) is 2.69. The number of carbonyl (C=O) groups is 1. The van der Waals surface area contributed by atoms with Gasteiger partial charge in [0.2, 0.25) is 0 Å². The molecule has 0 saturated carbocycles. The molecule has 6 heteroatoms. The third-order valence-corrected chi connectivity index (χ3v) is 2.98. The minimum absolute atomic E-state index is 0.134. The van der Waals surface area contributed by atoms with Crippen molar-refractivity contribution in [3.8, 4) is 5.69 Å². The van der Waals surface area contributed by atoms with E-state index in [4.69, 9.17) is 4.74 Å². The first-order chi connectivity index (χ1) is 10.3. The van der Waals surface area contributed by atoms with E-state index in [0.29, 0.717) is 25.4 Å². The van der Waals surface area contributed by atoms with Gasteiger partial charge in [-0.05, 0) is 12.1 Å². The molecule has 2 rings (SSSR count). The van der Waals surface area contributed by atoms with Gasteiger partial charge in [-0.1, -0.05) is 18.2 Å². The van der Waals surface area contributed by atoms with Gasteiger partial charge in [0.15, 0.2) is 0 Å². The standard InChI is InChI=1S/C15H20N4O2/c1-21-10-9-16-7-8-18-15(20)14-11-17-12-19(14)13-5-3-2-4-6-13/h2-6,11-12,16H,7-10H2,1H3,(H,18,20). The van der Waals surface area contributed by atoms with Crippen LogP contribution in [0.1, 0.15) is 10.5 Å². The summed E-state index contributed by atoms with van der Waals surface area (Å²) >= 11 is 0. The molecule has 1 aromatic heterocycles. The van der Waals surface area contributed by atoms with Crippen molar-refractivity contribution in [1.29, 1.82) is 0 Å². The Morgan fingerprint density at radius 3 is 2.81 bits per heavy atom. The molecule has 112 valence electrons. The Balaban J connectivity index is 1.88. The van der Waals surface area contributed by atoms with E-state index in [2.05, 4.69) is 15.6 Å². The van der Waals surface area contributed by atoms with Crippen molar-refractivity contribution in [3.05, 3.63) is 48.5 Å². The average Bonchev–Trinajstić information content (AvgIpc) is 3.01. The number of rotatable bonds is 8.